The maximum Gasteiger partial charge on any atom is 0.0630 e. The molecule has 1 aliphatic carbocycles. The summed E-state index contributed by atoms with van der Waals surface area (Å²) in [6, 6.07) is 0. The van der Waals surface area contributed by atoms with E-state index in [1.165, 1.54) is 31.4 Å². The van der Waals surface area contributed by atoms with Crippen LogP contribution in [0, 0.1) is 5.92 Å². The second-order valence-corrected chi connectivity index (χ2v) is 4.90. The van der Waals surface area contributed by atoms with Crippen LogP contribution in [-0.4, -0.2) is 22.7 Å². The van der Waals surface area contributed by atoms with Crippen molar-refractivity contribution in [3.63, 3.8) is 0 Å². The third kappa shape index (κ3) is 5.04. The molecule has 0 amide bonds. The zero-order valence-electron chi connectivity index (χ0n) is 7.96. The zero-order chi connectivity index (χ0) is 8.81. The van der Waals surface area contributed by atoms with E-state index in [9.17, 15) is 5.11 Å². The van der Waals surface area contributed by atoms with E-state index in [1.807, 2.05) is 11.8 Å². The lowest BCUT2D eigenvalue weighted by atomic mass is 10.1. The Morgan fingerprint density at radius 1 is 1.50 bits per heavy atom. The molecule has 1 nitrogen and oxygen atoms in total. The van der Waals surface area contributed by atoms with E-state index < -0.39 is 0 Å². The standard InChI is InChI=1S/C10H20OS/c1-2-7-12-8-10(11)6-5-9-3-4-9/h9-11H,2-8H2,1H3. The molecule has 1 unspecified atom stereocenters. The number of hydrogen-bond acceptors (Lipinski definition) is 2. The van der Waals surface area contributed by atoms with Gasteiger partial charge in [-0.25, -0.2) is 0 Å². The molecule has 0 radical (unpaired) electrons. The number of aliphatic hydroxyl groups is 1. The first-order valence-corrected chi connectivity index (χ1v) is 6.24. The summed E-state index contributed by atoms with van der Waals surface area (Å²) in [6.07, 6.45) is 6.29. The van der Waals surface area contributed by atoms with Crippen molar-refractivity contribution >= 4 is 11.8 Å². The summed E-state index contributed by atoms with van der Waals surface area (Å²) in [5, 5.41) is 9.53. The number of hydrogen-bond donors (Lipinski definition) is 1. The second kappa shape index (κ2) is 5.87. The molecule has 0 saturated heterocycles. The zero-order valence-corrected chi connectivity index (χ0v) is 8.78. The largest absolute Gasteiger partial charge is 0.392 e. The van der Waals surface area contributed by atoms with Gasteiger partial charge in [0.1, 0.15) is 0 Å². The van der Waals surface area contributed by atoms with E-state index in [4.69, 9.17) is 0 Å². The highest BCUT2D eigenvalue weighted by Gasteiger charge is 2.21. The van der Waals surface area contributed by atoms with Crippen LogP contribution in [0.15, 0.2) is 0 Å². The number of aliphatic hydroxyl groups excluding tert-OH is 1. The molecule has 1 aliphatic rings. The summed E-state index contributed by atoms with van der Waals surface area (Å²) in [7, 11) is 0. The van der Waals surface area contributed by atoms with Gasteiger partial charge >= 0.3 is 0 Å². The molecule has 0 aliphatic heterocycles. The Labute approximate surface area is 79.9 Å². The molecule has 1 rings (SSSR count). The minimum atomic E-state index is -0.0397. The Morgan fingerprint density at radius 3 is 2.83 bits per heavy atom. The molecule has 1 fully saturated rings. The van der Waals surface area contributed by atoms with Crippen LogP contribution < -0.4 is 0 Å². The van der Waals surface area contributed by atoms with E-state index in [0.717, 1.165) is 18.1 Å². The average molecular weight is 188 g/mol. The highest BCUT2D eigenvalue weighted by molar-refractivity contribution is 7.99. The average Bonchev–Trinajstić information content (AvgIpc) is 2.84. The van der Waals surface area contributed by atoms with Crippen LogP contribution in [0.5, 0.6) is 0 Å². The monoisotopic (exact) mass is 188 g/mol. The fraction of sp³-hybridized carbons (Fsp3) is 1.00. The smallest absolute Gasteiger partial charge is 0.0630 e. The predicted molar refractivity (Wildman–Crippen MR) is 55.6 cm³/mol. The van der Waals surface area contributed by atoms with E-state index in [2.05, 4.69) is 6.92 Å². The van der Waals surface area contributed by atoms with Gasteiger partial charge in [-0.1, -0.05) is 19.8 Å². The molecule has 0 aromatic rings. The van der Waals surface area contributed by atoms with Crippen molar-refractivity contribution in [1.29, 1.82) is 0 Å². The van der Waals surface area contributed by atoms with Crippen molar-refractivity contribution in [1.82, 2.24) is 0 Å². The summed E-state index contributed by atoms with van der Waals surface area (Å²) in [5.41, 5.74) is 0. The van der Waals surface area contributed by atoms with Gasteiger partial charge in [-0.15, -0.1) is 0 Å². The lowest BCUT2D eigenvalue weighted by Gasteiger charge is -2.08. The van der Waals surface area contributed by atoms with E-state index in [-0.39, 0.29) is 6.10 Å². The molecule has 0 spiro atoms. The van der Waals surface area contributed by atoms with Crippen LogP contribution in [0.1, 0.15) is 39.0 Å². The number of rotatable bonds is 7. The fourth-order valence-corrected chi connectivity index (χ4v) is 2.18. The summed E-state index contributed by atoms with van der Waals surface area (Å²) >= 11 is 1.88. The Balaban J connectivity index is 1.84. The van der Waals surface area contributed by atoms with Gasteiger partial charge in [-0.2, -0.15) is 11.8 Å². The molecular weight excluding hydrogens is 168 g/mol. The fourth-order valence-electron chi connectivity index (χ4n) is 1.28. The van der Waals surface area contributed by atoms with Crippen LogP contribution in [0.25, 0.3) is 0 Å². The van der Waals surface area contributed by atoms with Gasteiger partial charge < -0.3 is 5.11 Å². The second-order valence-electron chi connectivity index (χ2n) is 3.75. The molecular formula is C10H20OS. The first-order chi connectivity index (χ1) is 5.83. The van der Waals surface area contributed by atoms with Crippen LogP contribution >= 0.6 is 11.8 Å². The van der Waals surface area contributed by atoms with E-state index >= 15 is 0 Å². The summed E-state index contributed by atoms with van der Waals surface area (Å²) in [4.78, 5) is 0. The van der Waals surface area contributed by atoms with Crippen molar-refractivity contribution in [3.05, 3.63) is 0 Å². The molecule has 0 bridgehead atoms. The van der Waals surface area contributed by atoms with Gasteiger partial charge in [0.25, 0.3) is 0 Å². The third-order valence-electron chi connectivity index (χ3n) is 2.26. The van der Waals surface area contributed by atoms with Gasteiger partial charge in [-0.3, -0.25) is 0 Å². The van der Waals surface area contributed by atoms with Gasteiger partial charge in [0.05, 0.1) is 6.10 Å². The SMILES string of the molecule is CCCSCC(O)CCC1CC1. The lowest BCUT2D eigenvalue weighted by Crippen LogP contribution is -2.10. The number of thioether (sulfide) groups is 1. The highest BCUT2D eigenvalue weighted by Crippen LogP contribution is 2.34. The molecule has 2 heteroatoms. The topological polar surface area (TPSA) is 20.2 Å². The first-order valence-electron chi connectivity index (χ1n) is 5.08. The van der Waals surface area contributed by atoms with Crippen molar-refractivity contribution in [3.8, 4) is 0 Å². The van der Waals surface area contributed by atoms with Gasteiger partial charge in [-0.05, 0) is 30.9 Å². The first kappa shape index (κ1) is 10.4. The lowest BCUT2D eigenvalue weighted by molar-refractivity contribution is 0.184. The summed E-state index contributed by atoms with van der Waals surface area (Å²) in [5.74, 6) is 3.11. The quantitative estimate of drug-likeness (QED) is 0.620. The normalized spacial score (nSPS) is 19.5. The third-order valence-corrected chi connectivity index (χ3v) is 3.58. The molecule has 0 aromatic carbocycles. The highest BCUT2D eigenvalue weighted by atomic mass is 32.2. The summed E-state index contributed by atoms with van der Waals surface area (Å²) < 4.78 is 0. The Bertz CT molecular complexity index is 112. The van der Waals surface area contributed by atoms with Crippen molar-refractivity contribution < 1.29 is 5.11 Å². The predicted octanol–water partition coefficient (Wildman–Crippen LogP) is 2.68. The molecule has 0 aromatic heterocycles. The van der Waals surface area contributed by atoms with E-state index in [0.29, 0.717) is 0 Å². The minimum absolute atomic E-state index is 0.0397. The molecule has 1 saturated carbocycles. The summed E-state index contributed by atoms with van der Waals surface area (Å²) in [6.45, 7) is 2.18. The van der Waals surface area contributed by atoms with Gasteiger partial charge in [0, 0.05) is 5.75 Å². The van der Waals surface area contributed by atoms with Crippen LogP contribution in [0.3, 0.4) is 0 Å². The van der Waals surface area contributed by atoms with Crippen molar-refractivity contribution in [2.45, 2.75) is 45.1 Å². The Kier molecular flexibility index (Phi) is 5.08. The van der Waals surface area contributed by atoms with Crippen LogP contribution in [-0.2, 0) is 0 Å². The minimum Gasteiger partial charge on any atom is -0.392 e. The van der Waals surface area contributed by atoms with Gasteiger partial charge in [0.15, 0.2) is 0 Å². The van der Waals surface area contributed by atoms with Crippen LogP contribution in [0.2, 0.25) is 0 Å². The molecule has 1 atom stereocenters. The molecule has 0 heterocycles. The molecule has 72 valence electrons. The Morgan fingerprint density at radius 2 is 2.25 bits per heavy atom. The molecule has 12 heavy (non-hydrogen) atoms. The van der Waals surface area contributed by atoms with Crippen LogP contribution in [0.4, 0.5) is 0 Å². The van der Waals surface area contributed by atoms with Crippen molar-refractivity contribution in [2.75, 3.05) is 11.5 Å². The van der Waals surface area contributed by atoms with Crippen molar-refractivity contribution in [2.24, 2.45) is 5.92 Å². The maximum absolute atomic E-state index is 9.53. The van der Waals surface area contributed by atoms with E-state index in [1.54, 1.807) is 0 Å². The van der Waals surface area contributed by atoms with Gasteiger partial charge in [0.2, 0.25) is 0 Å². The maximum atomic E-state index is 9.53. The molecule has 1 N–H and O–H groups in total. The Hall–Kier alpha value is 0.310.